The van der Waals surface area contributed by atoms with Gasteiger partial charge in [0.05, 0.1) is 12.0 Å². The van der Waals surface area contributed by atoms with Crippen LogP contribution in [-0.4, -0.2) is 48.0 Å². The largest absolute Gasteiger partial charge is 0.459 e. The molecule has 0 amide bonds. The van der Waals surface area contributed by atoms with Crippen LogP contribution >= 0.6 is 0 Å². The quantitative estimate of drug-likeness (QED) is 0.866. The predicted octanol–water partition coefficient (Wildman–Crippen LogP) is 2.77. The third kappa shape index (κ3) is 3.19. The van der Waals surface area contributed by atoms with Crippen LogP contribution in [0, 0.1) is 6.92 Å². The normalized spacial score (nSPS) is 20.3. The number of aryl methyl sites for hydroxylation is 1. The predicted molar refractivity (Wildman–Crippen MR) is 80.9 cm³/mol. The van der Waals surface area contributed by atoms with Gasteiger partial charge in [0.15, 0.2) is 5.76 Å². The number of likely N-dealkylation sites (tertiary alicyclic amines) is 1. The number of aromatic nitrogens is 1. The van der Waals surface area contributed by atoms with Crippen molar-refractivity contribution in [2.75, 3.05) is 27.2 Å². The van der Waals surface area contributed by atoms with Crippen LogP contribution in [0.3, 0.4) is 0 Å². The first-order valence-electron chi connectivity index (χ1n) is 7.52. The lowest BCUT2D eigenvalue weighted by molar-refractivity contribution is 0.126. The van der Waals surface area contributed by atoms with Crippen LogP contribution in [0.5, 0.6) is 0 Å². The second-order valence-electron chi connectivity index (χ2n) is 5.99. The van der Waals surface area contributed by atoms with Crippen molar-refractivity contribution in [3.8, 4) is 11.7 Å². The number of hydrogen-bond donors (Lipinski definition) is 0. The van der Waals surface area contributed by atoms with Gasteiger partial charge in [0.2, 0.25) is 0 Å². The number of furan rings is 1. The van der Waals surface area contributed by atoms with E-state index in [0.717, 1.165) is 31.1 Å². The van der Waals surface area contributed by atoms with Gasteiger partial charge in [0, 0.05) is 19.1 Å². The Bertz CT molecular complexity index is 574. The molecule has 2 aromatic rings. The Hall–Kier alpha value is -1.59. The van der Waals surface area contributed by atoms with Gasteiger partial charge in [-0.15, -0.1) is 0 Å². The summed E-state index contributed by atoms with van der Waals surface area (Å²) in [6.45, 7) is 5.05. The molecule has 3 heterocycles. The minimum atomic E-state index is 0.577. The van der Waals surface area contributed by atoms with Crippen molar-refractivity contribution < 1.29 is 8.83 Å². The minimum Gasteiger partial charge on any atom is -0.459 e. The lowest BCUT2D eigenvalue weighted by Gasteiger charge is -2.35. The number of nitrogens with zero attached hydrogens (tertiary/aromatic N) is 3. The van der Waals surface area contributed by atoms with E-state index in [2.05, 4.69) is 28.9 Å². The van der Waals surface area contributed by atoms with E-state index in [1.165, 1.54) is 12.8 Å². The molecule has 0 spiro atoms. The van der Waals surface area contributed by atoms with Crippen LogP contribution in [0.15, 0.2) is 27.2 Å². The molecule has 0 radical (unpaired) electrons. The molecule has 3 rings (SSSR count). The molecule has 2 aromatic heterocycles. The van der Waals surface area contributed by atoms with Crippen molar-refractivity contribution in [2.24, 2.45) is 0 Å². The molecule has 1 fully saturated rings. The lowest BCUT2D eigenvalue weighted by Crippen LogP contribution is -2.44. The van der Waals surface area contributed by atoms with Crippen molar-refractivity contribution in [1.29, 1.82) is 0 Å². The zero-order valence-electron chi connectivity index (χ0n) is 13.0. The zero-order chi connectivity index (χ0) is 14.8. The molecule has 21 heavy (non-hydrogen) atoms. The van der Waals surface area contributed by atoms with Crippen molar-refractivity contribution in [1.82, 2.24) is 14.8 Å². The molecule has 1 unspecified atom stereocenters. The van der Waals surface area contributed by atoms with Gasteiger partial charge in [-0.05, 0) is 52.5 Å². The van der Waals surface area contributed by atoms with Crippen LogP contribution in [0.25, 0.3) is 11.7 Å². The highest BCUT2D eigenvalue weighted by Gasteiger charge is 2.23. The molecule has 1 atom stereocenters. The molecule has 0 N–H and O–H groups in total. The Kier molecular flexibility index (Phi) is 4.12. The minimum absolute atomic E-state index is 0.577. The fourth-order valence-electron chi connectivity index (χ4n) is 2.89. The highest BCUT2D eigenvalue weighted by molar-refractivity contribution is 5.44. The van der Waals surface area contributed by atoms with Crippen LogP contribution in [0.1, 0.15) is 24.3 Å². The van der Waals surface area contributed by atoms with Crippen molar-refractivity contribution in [2.45, 2.75) is 32.4 Å². The van der Waals surface area contributed by atoms with Gasteiger partial charge in [-0.1, -0.05) is 0 Å². The van der Waals surface area contributed by atoms with Gasteiger partial charge in [-0.3, -0.25) is 4.90 Å². The second kappa shape index (κ2) is 6.03. The number of likely N-dealkylation sites (N-methyl/N-ethyl adjacent to an activating group) is 1. The van der Waals surface area contributed by atoms with E-state index in [-0.39, 0.29) is 0 Å². The zero-order valence-corrected chi connectivity index (χ0v) is 13.0. The average molecular weight is 289 g/mol. The monoisotopic (exact) mass is 289 g/mol. The highest BCUT2D eigenvalue weighted by Crippen LogP contribution is 2.24. The van der Waals surface area contributed by atoms with E-state index < -0.39 is 0 Å². The maximum absolute atomic E-state index is 5.73. The van der Waals surface area contributed by atoms with Crippen LogP contribution in [-0.2, 0) is 6.54 Å². The molecule has 1 saturated heterocycles. The van der Waals surface area contributed by atoms with E-state index in [1.807, 2.05) is 19.1 Å². The van der Waals surface area contributed by atoms with Gasteiger partial charge >= 0.3 is 0 Å². The Balaban J connectivity index is 1.70. The summed E-state index contributed by atoms with van der Waals surface area (Å²) in [7, 11) is 4.31. The van der Waals surface area contributed by atoms with Gasteiger partial charge in [0.25, 0.3) is 5.89 Å². The fraction of sp³-hybridized carbons (Fsp3) is 0.562. The lowest BCUT2D eigenvalue weighted by atomic mass is 10.0. The molecular weight excluding hydrogens is 266 g/mol. The Morgan fingerprint density at radius 3 is 3.00 bits per heavy atom. The van der Waals surface area contributed by atoms with Gasteiger partial charge in [0.1, 0.15) is 5.76 Å². The summed E-state index contributed by atoms with van der Waals surface area (Å²) < 4.78 is 11.1. The third-order valence-corrected chi connectivity index (χ3v) is 4.21. The Labute approximate surface area is 125 Å². The first-order chi connectivity index (χ1) is 10.1. The van der Waals surface area contributed by atoms with Gasteiger partial charge in [-0.2, -0.15) is 0 Å². The van der Waals surface area contributed by atoms with Gasteiger partial charge < -0.3 is 13.7 Å². The maximum Gasteiger partial charge on any atom is 0.263 e. The number of rotatable bonds is 4. The van der Waals surface area contributed by atoms with Crippen molar-refractivity contribution in [3.63, 3.8) is 0 Å². The molecule has 0 aromatic carbocycles. The highest BCUT2D eigenvalue weighted by atomic mass is 16.4. The van der Waals surface area contributed by atoms with Crippen molar-refractivity contribution in [3.05, 3.63) is 29.9 Å². The van der Waals surface area contributed by atoms with E-state index >= 15 is 0 Å². The van der Waals surface area contributed by atoms with Crippen LogP contribution < -0.4 is 0 Å². The van der Waals surface area contributed by atoms with E-state index in [9.17, 15) is 0 Å². The molecule has 0 aliphatic carbocycles. The molecule has 1 aliphatic heterocycles. The summed E-state index contributed by atoms with van der Waals surface area (Å²) >= 11 is 0. The topological polar surface area (TPSA) is 45.7 Å². The van der Waals surface area contributed by atoms with Crippen LogP contribution in [0.2, 0.25) is 0 Å². The molecule has 114 valence electrons. The molecule has 5 nitrogen and oxygen atoms in total. The SMILES string of the molecule is Cc1oc(-c2ccco2)nc1CN1CCCC(N(C)C)C1. The molecule has 0 saturated carbocycles. The molecule has 0 bridgehead atoms. The summed E-state index contributed by atoms with van der Waals surface area (Å²) in [6.07, 6.45) is 4.16. The van der Waals surface area contributed by atoms with E-state index in [0.29, 0.717) is 17.7 Å². The standard InChI is InChI=1S/C16H23N3O2/c1-12-14(17-16(21-12)15-7-5-9-20-15)11-19-8-4-6-13(10-19)18(2)3/h5,7,9,13H,4,6,8,10-11H2,1-3H3. The van der Waals surface area contributed by atoms with Crippen molar-refractivity contribution >= 4 is 0 Å². The smallest absolute Gasteiger partial charge is 0.263 e. The Morgan fingerprint density at radius 1 is 1.43 bits per heavy atom. The van der Waals surface area contributed by atoms with E-state index in [1.54, 1.807) is 6.26 Å². The summed E-state index contributed by atoms with van der Waals surface area (Å²) in [4.78, 5) is 9.38. The number of oxazole rings is 1. The summed E-state index contributed by atoms with van der Waals surface area (Å²) in [6, 6.07) is 4.36. The second-order valence-corrected chi connectivity index (χ2v) is 5.99. The van der Waals surface area contributed by atoms with Gasteiger partial charge in [-0.25, -0.2) is 4.98 Å². The fourth-order valence-corrected chi connectivity index (χ4v) is 2.89. The third-order valence-electron chi connectivity index (χ3n) is 4.21. The Morgan fingerprint density at radius 2 is 2.29 bits per heavy atom. The maximum atomic E-state index is 5.73. The molecular formula is C16H23N3O2. The summed E-state index contributed by atoms with van der Waals surface area (Å²) in [5, 5.41) is 0. The number of piperidine rings is 1. The molecule has 1 aliphatic rings. The number of hydrogen-bond acceptors (Lipinski definition) is 5. The summed E-state index contributed by atoms with van der Waals surface area (Å²) in [5.74, 6) is 2.15. The summed E-state index contributed by atoms with van der Waals surface area (Å²) in [5.41, 5.74) is 1.01. The first-order valence-corrected chi connectivity index (χ1v) is 7.52. The molecule has 5 heteroatoms. The van der Waals surface area contributed by atoms with Crippen LogP contribution in [0.4, 0.5) is 0 Å². The first kappa shape index (κ1) is 14.4. The van der Waals surface area contributed by atoms with E-state index in [4.69, 9.17) is 8.83 Å². The average Bonchev–Trinajstić information content (AvgIpc) is 3.10.